The third-order valence-electron chi connectivity index (χ3n) is 4.74. The summed E-state index contributed by atoms with van der Waals surface area (Å²) < 4.78 is 94.1. The maximum absolute atomic E-state index is 11.9. The Morgan fingerprint density at radius 1 is 0.923 bits per heavy atom. The van der Waals surface area contributed by atoms with E-state index in [0.29, 0.717) is 23.6 Å². The van der Waals surface area contributed by atoms with E-state index >= 15 is 0 Å². The number of phenols is 2. The quantitative estimate of drug-likeness (QED) is 0.128. The van der Waals surface area contributed by atoms with Crippen molar-refractivity contribution in [1.29, 1.82) is 0 Å². The Kier molecular flexibility index (Phi) is 12.7. The molecule has 0 aliphatic carbocycles. The first-order valence-corrected chi connectivity index (χ1v) is 14.0. The average Bonchev–Trinajstić information content (AvgIpc) is 2.76. The average molecular weight is 648 g/mol. The van der Waals surface area contributed by atoms with Gasteiger partial charge in [-0.05, 0) is 35.7 Å². The summed E-state index contributed by atoms with van der Waals surface area (Å²) >= 11 is 0. The molecule has 0 spiro atoms. The second kappa shape index (κ2) is 13.6. The summed E-state index contributed by atoms with van der Waals surface area (Å²) in [5.41, 5.74) is -1.77. The number of nitrogens with zero attached hydrogens (tertiary/aromatic N) is 2. The molecule has 0 unspecified atom stereocenters. The summed E-state index contributed by atoms with van der Waals surface area (Å²) in [7, 11) is -14.4. The standard InChI is InChI=1S/C20H17N3O11S3.2K/c1-3-35(27,28)12-4-5-14(16(25)9-12)22-23-19-17(37(32,33)34)7-11-6-13(36(29,30)31)8-15(21-10(2)24)18(11)20(19)26;;/h3-9,25-26H,1H2,2H3,(H,21,24)(H,29,30,31)(H,32,33,34);;/q;2*+1/p-2. The van der Waals surface area contributed by atoms with Gasteiger partial charge in [-0.25, -0.2) is 25.3 Å². The molecule has 0 atom stereocenters. The van der Waals surface area contributed by atoms with Gasteiger partial charge in [0.05, 0.1) is 20.4 Å². The van der Waals surface area contributed by atoms with Crippen LogP contribution >= 0.6 is 0 Å². The van der Waals surface area contributed by atoms with Crippen LogP contribution in [0.15, 0.2) is 73.3 Å². The van der Waals surface area contributed by atoms with E-state index in [1.54, 1.807) is 0 Å². The number of sulfone groups is 1. The van der Waals surface area contributed by atoms with Crippen LogP contribution in [0.5, 0.6) is 11.5 Å². The zero-order valence-corrected chi connectivity index (χ0v) is 29.1. The first-order chi connectivity index (χ1) is 17.0. The molecule has 0 fully saturated rings. The largest absolute Gasteiger partial charge is 1.00 e. The predicted molar refractivity (Wildman–Crippen MR) is 126 cm³/mol. The molecule has 39 heavy (non-hydrogen) atoms. The summed E-state index contributed by atoms with van der Waals surface area (Å²) in [4.78, 5) is 9.20. The molecule has 14 nitrogen and oxygen atoms in total. The number of amides is 1. The van der Waals surface area contributed by atoms with E-state index in [9.17, 15) is 49.4 Å². The fraction of sp³-hybridized carbons (Fsp3) is 0.0500. The minimum absolute atomic E-state index is 0. The van der Waals surface area contributed by atoms with E-state index in [2.05, 4.69) is 22.1 Å². The van der Waals surface area contributed by atoms with Crippen molar-refractivity contribution < 1.29 is 152 Å². The second-order valence-electron chi connectivity index (χ2n) is 7.29. The first-order valence-electron chi connectivity index (χ1n) is 9.61. The number of hydrogen-bond donors (Lipinski definition) is 3. The molecule has 1 amide bonds. The molecule has 3 N–H and O–H groups in total. The molecule has 3 aromatic rings. The minimum Gasteiger partial charge on any atom is -0.744 e. The van der Waals surface area contributed by atoms with Gasteiger partial charge in [0.15, 0.2) is 15.6 Å². The number of carbonyl (C=O) groups excluding carboxylic acids is 1. The SMILES string of the molecule is C=CS(=O)(=O)c1ccc(N=Nc2c(S(=O)(=O)[O-])cc3cc(S(=O)(=O)[O-])cc(NC(C)=O)c3c2O)c(O)c1.[K+].[K+]. The van der Waals surface area contributed by atoms with Crippen LogP contribution in [0.3, 0.4) is 0 Å². The van der Waals surface area contributed by atoms with Crippen molar-refractivity contribution in [2.24, 2.45) is 10.2 Å². The summed E-state index contributed by atoms with van der Waals surface area (Å²) in [6.07, 6.45) is 0. The molecule has 3 rings (SSSR count). The number of phenolic OH excluding ortho intramolecular Hbond substituents is 2. The summed E-state index contributed by atoms with van der Waals surface area (Å²) in [5, 5.41) is 30.1. The molecule has 196 valence electrons. The Hall–Kier alpha value is -0.627. The topological polar surface area (TPSA) is 243 Å². The van der Waals surface area contributed by atoms with Gasteiger partial charge in [0, 0.05) is 23.8 Å². The van der Waals surface area contributed by atoms with Crippen LogP contribution in [-0.4, -0.2) is 50.5 Å². The Morgan fingerprint density at radius 3 is 2.03 bits per heavy atom. The Morgan fingerprint density at radius 2 is 1.54 bits per heavy atom. The van der Waals surface area contributed by atoms with Crippen LogP contribution in [0.1, 0.15) is 6.92 Å². The van der Waals surface area contributed by atoms with Gasteiger partial charge >= 0.3 is 103 Å². The first kappa shape index (κ1) is 36.4. The Balaban J connectivity index is 0.00000380. The van der Waals surface area contributed by atoms with E-state index < -0.39 is 79.7 Å². The Labute approximate surface area is 307 Å². The zero-order valence-electron chi connectivity index (χ0n) is 20.4. The van der Waals surface area contributed by atoms with Crippen molar-refractivity contribution in [3.8, 4) is 11.5 Å². The molecule has 0 aliphatic heterocycles. The van der Waals surface area contributed by atoms with Crippen LogP contribution in [0.25, 0.3) is 10.8 Å². The van der Waals surface area contributed by atoms with Gasteiger partial charge in [-0.1, -0.05) is 6.58 Å². The smallest absolute Gasteiger partial charge is 0.744 e. The molecule has 3 aromatic carbocycles. The van der Waals surface area contributed by atoms with Crippen molar-refractivity contribution in [3.05, 3.63) is 48.4 Å². The maximum atomic E-state index is 11.9. The summed E-state index contributed by atoms with van der Waals surface area (Å²) in [6.45, 7) is 4.17. The molecule has 0 heterocycles. The monoisotopic (exact) mass is 647 g/mol. The molecule has 0 bridgehead atoms. The predicted octanol–water partition coefficient (Wildman–Crippen LogP) is -3.64. The number of carbonyl (C=O) groups is 1. The van der Waals surface area contributed by atoms with Crippen molar-refractivity contribution in [2.75, 3.05) is 5.32 Å². The van der Waals surface area contributed by atoms with Crippen LogP contribution in [0.2, 0.25) is 0 Å². The van der Waals surface area contributed by atoms with Crippen molar-refractivity contribution >= 4 is 63.8 Å². The maximum Gasteiger partial charge on any atom is 1.00 e. The Bertz CT molecular complexity index is 1840. The third-order valence-corrected chi connectivity index (χ3v) is 7.76. The van der Waals surface area contributed by atoms with Gasteiger partial charge in [-0.15, -0.1) is 10.2 Å². The van der Waals surface area contributed by atoms with Crippen molar-refractivity contribution in [3.63, 3.8) is 0 Å². The van der Waals surface area contributed by atoms with E-state index in [-0.39, 0.29) is 113 Å². The summed E-state index contributed by atoms with van der Waals surface area (Å²) in [5.74, 6) is -2.52. The van der Waals surface area contributed by atoms with Gasteiger partial charge in [-0.3, -0.25) is 4.79 Å². The molecule has 0 aliphatic rings. The van der Waals surface area contributed by atoms with E-state index in [1.807, 2.05) is 0 Å². The molecular weight excluding hydrogens is 633 g/mol. The normalized spacial score (nSPS) is 12.0. The number of hydrogen-bond acceptors (Lipinski definition) is 13. The number of anilines is 1. The van der Waals surface area contributed by atoms with Gasteiger partial charge in [0.25, 0.3) is 0 Å². The fourth-order valence-electron chi connectivity index (χ4n) is 3.14. The van der Waals surface area contributed by atoms with E-state index in [1.165, 1.54) is 0 Å². The van der Waals surface area contributed by atoms with E-state index in [0.717, 1.165) is 25.1 Å². The van der Waals surface area contributed by atoms with Gasteiger partial charge in [0.1, 0.15) is 37.4 Å². The van der Waals surface area contributed by atoms with Crippen LogP contribution < -0.4 is 108 Å². The zero-order chi connectivity index (χ0) is 27.9. The molecule has 0 radical (unpaired) electrons. The minimum atomic E-state index is -5.41. The van der Waals surface area contributed by atoms with Crippen LogP contribution in [0, 0.1) is 0 Å². The number of aromatic hydroxyl groups is 2. The number of fused-ring (bicyclic) bond motifs is 1. The number of benzene rings is 3. The van der Waals surface area contributed by atoms with Gasteiger partial charge < -0.3 is 24.6 Å². The molecular formula is C20H15K2N3O11S3. The molecule has 19 heteroatoms. The molecule has 0 saturated carbocycles. The third kappa shape index (κ3) is 8.45. The second-order valence-corrected chi connectivity index (χ2v) is 11.9. The van der Waals surface area contributed by atoms with Gasteiger partial charge in [0.2, 0.25) is 5.91 Å². The molecule has 0 aromatic heterocycles. The van der Waals surface area contributed by atoms with Crippen molar-refractivity contribution in [1.82, 2.24) is 0 Å². The number of nitrogens with one attached hydrogen (secondary N) is 1. The number of rotatable bonds is 7. The van der Waals surface area contributed by atoms with E-state index in [4.69, 9.17) is 0 Å². The number of azo groups is 1. The van der Waals surface area contributed by atoms with Crippen LogP contribution in [0.4, 0.5) is 17.1 Å². The van der Waals surface area contributed by atoms with Gasteiger partial charge in [-0.2, -0.15) is 0 Å². The summed E-state index contributed by atoms with van der Waals surface area (Å²) in [6, 6.07) is 4.83. The fourth-order valence-corrected chi connectivity index (χ4v) is 5.05. The molecule has 0 saturated heterocycles. The van der Waals surface area contributed by atoms with Crippen LogP contribution in [-0.2, 0) is 34.9 Å². The van der Waals surface area contributed by atoms with Crippen molar-refractivity contribution in [2.45, 2.75) is 21.6 Å².